The van der Waals surface area contributed by atoms with Gasteiger partial charge in [0.2, 0.25) is 5.91 Å². The number of aryl methyl sites for hydroxylation is 1. The third-order valence-electron chi connectivity index (χ3n) is 4.74. The number of aromatic amines is 1. The third-order valence-corrected chi connectivity index (χ3v) is 4.74. The standard InChI is InChI=1S/C23H22N4O3/c1-15-20(25-14-24-15)12-23(28)27-17-9-10-21(29-2)22(11-17)30-13-18-8-7-16-5-3-4-6-19(16)26-18/h3-11,14H,12-13H2,1-2H3,(H,24,25)(H,27,28). The molecule has 152 valence electrons. The number of nitrogens with one attached hydrogen (secondary N) is 2. The Kier molecular flexibility index (Phi) is 5.61. The van der Waals surface area contributed by atoms with E-state index in [1.807, 2.05) is 43.3 Å². The molecule has 2 heterocycles. The number of benzene rings is 2. The summed E-state index contributed by atoms with van der Waals surface area (Å²) < 4.78 is 11.3. The van der Waals surface area contributed by atoms with Crippen molar-refractivity contribution in [1.29, 1.82) is 0 Å². The fourth-order valence-corrected chi connectivity index (χ4v) is 3.13. The fraction of sp³-hybridized carbons (Fsp3) is 0.174. The number of fused-ring (bicyclic) bond motifs is 1. The molecule has 0 unspecified atom stereocenters. The fourth-order valence-electron chi connectivity index (χ4n) is 3.13. The SMILES string of the molecule is COc1ccc(NC(=O)Cc2nc[nH]c2C)cc1OCc1ccc2ccccc2n1. The summed E-state index contributed by atoms with van der Waals surface area (Å²) in [4.78, 5) is 24.1. The number of rotatable bonds is 7. The summed E-state index contributed by atoms with van der Waals surface area (Å²) in [5.74, 6) is 0.954. The maximum absolute atomic E-state index is 12.4. The van der Waals surface area contributed by atoms with Gasteiger partial charge in [-0.25, -0.2) is 9.97 Å². The van der Waals surface area contributed by atoms with Crippen LogP contribution in [0.25, 0.3) is 10.9 Å². The number of nitrogens with zero attached hydrogens (tertiary/aromatic N) is 2. The molecule has 2 aromatic heterocycles. The summed E-state index contributed by atoms with van der Waals surface area (Å²) in [6, 6.07) is 17.2. The Balaban J connectivity index is 1.46. The number of H-pyrrole nitrogens is 1. The molecule has 4 rings (SSSR count). The van der Waals surface area contributed by atoms with Gasteiger partial charge >= 0.3 is 0 Å². The molecular weight excluding hydrogens is 380 g/mol. The largest absolute Gasteiger partial charge is 0.493 e. The van der Waals surface area contributed by atoms with E-state index in [0.717, 1.165) is 28.0 Å². The summed E-state index contributed by atoms with van der Waals surface area (Å²) in [5.41, 5.74) is 3.95. The van der Waals surface area contributed by atoms with Crippen LogP contribution < -0.4 is 14.8 Å². The summed E-state index contributed by atoms with van der Waals surface area (Å²) >= 11 is 0. The summed E-state index contributed by atoms with van der Waals surface area (Å²) in [6.45, 7) is 2.17. The van der Waals surface area contributed by atoms with E-state index in [1.54, 1.807) is 31.6 Å². The molecule has 4 aromatic rings. The number of hydrogen-bond acceptors (Lipinski definition) is 5. The minimum absolute atomic E-state index is 0.155. The van der Waals surface area contributed by atoms with Crippen molar-refractivity contribution in [3.63, 3.8) is 0 Å². The van der Waals surface area contributed by atoms with Gasteiger partial charge in [0, 0.05) is 22.8 Å². The normalized spacial score (nSPS) is 10.7. The second-order valence-corrected chi connectivity index (χ2v) is 6.85. The van der Waals surface area contributed by atoms with Gasteiger partial charge in [-0.2, -0.15) is 0 Å². The van der Waals surface area contributed by atoms with Gasteiger partial charge in [0.1, 0.15) is 6.61 Å². The molecule has 30 heavy (non-hydrogen) atoms. The van der Waals surface area contributed by atoms with E-state index in [1.165, 1.54) is 0 Å². The smallest absolute Gasteiger partial charge is 0.230 e. The van der Waals surface area contributed by atoms with Gasteiger partial charge in [-0.15, -0.1) is 0 Å². The number of aromatic nitrogens is 3. The van der Waals surface area contributed by atoms with Gasteiger partial charge in [0.15, 0.2) is 11.5 Å². The number of carbonyl (C=O) groups excluding carboxylic acids is 1. The summed E-state index contributed by atoms with van der Waals surface area (Å²) in [7, 11) is 1.58. The first-order valence-electron chi connectivity index (χ1n) is 9.56. The number of amides is 1. The molecular formula is C23H22N4O3. The molecule has 2 N–H and O–H groups in total. The molecule has 7 heteroatoms. The highest BCUT2D eigenvalue weighted by Crippen LogP contribution is 2.31. The number of ether oxygens (including phenoxy) is 2. The Bertz CT molecular complexity index is 1190. The Hall–Kier alpha value is -3.87. The van der Waals surface area contributed by atoms with Crippen molar-refractivity contribution in [2.45, 2.75) is 20.0 Å². The average molecular weight is 402 g/mol. The lowest BCUT2D eigenvalue weighted by Gasteiger charge is -2.13. The first-order chi connectivity index (χ1) is 14.6. The van der Waals surface area contributed by atoms with Crippen molar-refractivity contribution in [2.75, 3.05) is 12.4 Å². The van der Waals surface area contributed by atoms with Crippen molar-refractivity contribution >= 4 is 22.5 Å². The minimum Gasteiger partial charge on any atom is -0.493 e. The second kappa shape index (κ2) is 8.65. The lowest BCUT2D eigenvalue weighted by Crippen LogP contribution is -2.15. The van der Waals surface area contributed by atoms with Crippen LogP contribution in [0, 0.1) is 6.92 Å². The van der Waals surface area contributed by atoms with E-state index in [0.29, 0.717) is 17.2 Å². The molecule has 0 saturated carbocycles. The van der Waals surface area contributed by atoms with Crippen LogP contribution in [0.5, 0.6) is 11.5 Å². The highest BCUT2D eigenvalue weighted by Gasteiger charge is 2.12. The molecule has 0 aliphatic carbocycles. The van der Waals surface area contributed by atoms with Gasteiger partial charge in [0.05, 0.1) is 36.8 Å². The molecule has 1 amide bonds. The molecule has 0 bridgehead atoms. The molecule has 7 nitrogen and oxygen atoms in total. The van der Waals surface area contributed by atoms with Crippen LogP contribution in [0.15, 0.2) is 60.9 Å². The minimum atomic E-state index is -0.155. The van der Waals surface area contributed by atoms with Crippen molar-refractivity contribution in [2.24, 2.45) is 0 Å². The number of imidazole rings is 1. The Morgan fingerprint density at radius 2 is 1.97 bits per heavy atom. The molecule has 0 radical (unpaired) electrons. The summed E-state index contributed by atoms with van der Waals surface area (Å²) in [6.07, 6.45) is 1.77. The average Bonchev–Trinajstić information content (AvgIpc) is 3.16. The number of carbonyl (C=O) groups is 1. The lowest BCUT2D eigenvalue weighted by molar-refractivity contribution is -0.115. The van der Waals surface area contributed by atoms with Gasteiger partial charge in [-0.05, 0) is 31.2 Å². The van der Waals surface area contributed by atoms with E-state index in [2.05, 4.69) is 20.3 Å². The maximum Gasteiger partial charge on any atom is 0.230 e. The molecule has 0 aliphatic heterocycles. The predicted octanol–water partition coefficient (Wildman–Crippen LogP) is 4.04. The van der Waals surface area contributed by atoms with Crippen LogP contribution in [0.4, 0.5) is 5.69 Å². The zero-order chi connectivity index (χ0) is 20.9. The third kappa shape index (κ3) is 4.41. The molecule has 0 saturated heterocycles. The van der Waals surface area contributed by atoms with Crippen LogP contribution in [0.2, 0.25) is 0 Å². The number of anilines is 1. The number of para-hydroxylation sites is 1. The predicted molar refractivity (Wildman–Crippen MR) is 115 cm³/mol. The highest BCUT2D eigenvalue weighted by molar-refractivity contribution is 5.92. The van der Waals surface area contributed by atoms with E-state index in [-0.39, 0.29) is 18.9 Å². The Labute approximate surface area is 174 Å². The van der Waals surface area contributed by atoms with Crippen molar-refractivity contribution in [1.82, 2.24) is 15.0 Å². The molecule has 0 fully saturated rings. The maximum atomic E-state index is 12.4. The number of methoxy groups -OCH3 is 1. The lowest BCUT2D eigenvalue weighted by atomic mass is 10.2. The number of pyridine rings is 1. The zero-order valence-electron chi connectivity index (χ0n) is 16.8. The first kappa shape index (κ1) is 19.4. The van der Waals surface area contributed by atoms with Gasteiger partial charge in [-0.1, -0.05) is 24.3 Å². The monoisotopic (exact) mass is 402 g/mol. The van der Waals surface area contributed by atoms with E-state index >= 15 is 0 Å². The van der Waals surface area contributed by atoms with Crippen molar-refractivity contribution < 1.29 is 14.3 Å². The Morgan fingerprint density at radius 3 is 2.77 bits per heavy atom. The molecule has 0 atom stereocenters. The topological polar surface area (TPSA) is 89.1 Å². The first-order valence-corrected chi connectivity index (χ1v) is 9.56. The second-order valence-electron chi connectivity index (χ2n) is 6.85. The van der Waals surface area contributed by atoms with Gasteiger partial charge in [0.25, 0.3) is 0 Å². The van der Waals surface area contributed by atoms with Gasteiger partial charge in [-0.3, -0.25) is 4.79 Å². The highest BCUT2D eigenvalue weighted by atomic mass is 16.5. The molecule has 0 aliphatic rings. The van der Waals surface area contributed by atoms with Gasteiger partial charge < -0.3 is 19.8 Å². The number of hydrogen-bond donors (Lipinski definition) is 2. The van der Waals surface area contributed by atoms with Crippen LogP contribution in [-0.2, 0) is 17.8 Å². The van der Waals surface area contributed by atoms with Crippen molar-refractivity contribution in [3.8, 4) is 11.5 Å². The summed E-state index contributed by atoms with van der Waals surface area (Å²) in [5, 5.41) is 3.96. The Morgan fingerprint density at radius 1 is 1.10 bits per heavy atom. The van der Waals surface area contributed by atoms with Crippen LogP contribution in [0.3, 0.4) is 0 Å². The van der Waals surface area contributed by atoms with Crippen LogP contribution in [0.1, 0.15) is 17.1 Å². The van der Waals surface area contributed by atoms with Crippen LogP contribution in [-0.4, -0.2) is 28.0 Å². The van der Waals surface area contributed by atoms with E-state index in [9.17, 15) is 4.79 Å². The molecule has 0 spiro atoms. The zero-order valence-corrected chi connectivity index (χ0v) is 16.8. The van der Waals surface area contributed by atoms with Crippen molar-refractivity contribution in [3.05, 3.63) is 78.0 Å². The van der Waals surface area contributed by atoms with E-state index < -0.39 is 0 Å². The quantitative estimate of drug-likeness (QED) is 0.487. The molecule has 2 aromatic carbocycles. The van der Waals surface area contributed by atoms with E-state index in [4.69, 9.17) is 9.47 Å². The van der Waals surface area contributed by atoms with Crippen LogP contribution >= 0.6 is 0 Å².